The molecule has 1 fully saturated rings. The van der Waals surface area contributed by atoms with Gasteiger partial charge in [0.05, 0.1) is 6.61 Å². The van der Waals surface area contributed by atoms with E-state index in [4.69, 9.17) is 10.2 Å². The van der Waals surface area contributed by atoms with Crippen molar-refractivity contribution in [2.45, 2.75) is 20.0 Å². The van der Waals surface area contributed by atoms with Gasteiger partial charge in [0.1, 0.15) is 5.82 Å². The van der Waals surface area contributed by atoms with Crippen LogP contribution >= 0.6 is 0 Å². The molecule has 1 saturated heterocycles. The van der Waals surface area contributed by atoms with Crippen LogP contribution in [0.5, 0.6) is 0 Å². The summed E-state index contributed by atoms with van der Waals surface area (Å²) >= 11 is 0. The van der Waals surface area contributed by atoms with Gasteiger partial charge in [-0.3, -0.25) is 0 Å². The van der Waals surface area contributed by atoms with Crippen molar-refractivity contribution in [2.24, 2.45) is 5.92 Å². The third kappa shape index (κ3) is 2.18. The lowest BCUT2D eigenvalue weighted by Gasteiger charge is -2.18. The predicted octanol–water partition coefficient (Wildman–Crippen LogP) is 0.701. The summed E-state index contributed by atoms with van der Waals surface area (Å²) in [5.74, 6) is 1.32. The number of rotatable bonds is 3. The molecule has 4 heteroatoms. The number of aromatic nitrogens is 1. The summed E-state index contributed by atoms with van der Waals surface area (Å²) in [7, 11) is 0. The molecule has 2 N–H and O–H groups in total. The van der Waals surface area contributed by atoms with Crippen molar-refractivity contribution >= 4 is 5.82 Å². The van der Waals surface area contributed by atoms with Gasteiger partial charge in [-0.05, 0) is 25.0 Å². The first-order valence-electron chi connectivity index (χ1n) is 5.67. The van der Waals surface area contributed by atoms with Crippen LogP contribution in [0.15, 0.2) is 12.1 Å². The molecule has 1 aromatic heterocycles. The average Bonchev–Trinajstić information content (AvgIpc) is 2.77. The van der Waals surface area contributed by atoms with Crippen LogP contribution in [-0.2, 0) is 6.61 Å². The number of aryl methyl sites for hydroxylation is 1. The summed E-state index contributed by atoms with van der Waals surface area (Å²) in [6.45, 7) is 4.04. The highest BCUT2D eigenvalue weighted by Gasteiger charge is 2.22. The zero-order chi connectivity index (χ0) is 11.5. The van der Waals surface area contributed by atoms with Crippen molar-refractivity contribution in [1.82, 2.24) is 4.98 Å². The lowest BCUT2D eigenvalue weighted by Crippen LogP contribution is -2.22. The summed E-state index contributed by atoms with van der Waals surface area (Å²) in [5, 5.41) is 18.2. The smallest absolute Gasteiger partial charge is 0.128 e. The number of aliphatic hydroxyl groups excluding tert-OH is 2. The van der Waals surface area contributed by atoms with Gasteiger partial charge in [-0.2, -0.15) is 0 Å². The zero-order valence-electron chi connectivity index (χ0n) is 9.56. The van der Waals surface area contributed by atoms with Crippen LogP contribution in [0.3, 0.4) is 0 Å². The molecule has 2 rings (SSSR count). The Kier molecular flexibility index (Phi) is 3.41. The molecule has 0 aromatic carbocycles. The highest BCUT2D eigenvalue weighted by molar-refractivity contribution is 5.42. The second-order valence-electron chi connectivity index (χ2n) is 4.36. The van der Waals surface area contributed by atoms with E-state index in [2.05, 4.69) is 9.88 Å². The Labute approximate surface area is 95.5 Å². The first-order chi connectivity index (χ1) is 7.74. The molecule has 88 valence electrons. The standard InChI is InChI=1S/C12H18N2O2/c1-9-11(8-16)2-3-12(13-9)14-5-4-10(6-14)7-15/h2-3,10,15-16H,4-8H2,1H3. The number of pyridine rings is 1. The van der Waals surface area contributed by atoms with Crippen LogP contribution in [-0.4, -0.2) is 34.9 Å². The van der Waals surface area contributed by atoms with Gasteiger partial charge >= 0.3 is 0 Å². The summed E-state index contributed by atoms with van der Waals surface area (Å²) in [4.78, 5) is 6.67. The summed E-state index contributed by atoms with van der Waals surface area (Å²) in [5.41, 5.74) is 1.76. The third-order valence-corrected chi connectivity index (χ3v) is 3.22. The second kappa shape index (κ2) is 4.80. The van der Waals surface area contributed by atoms with Gasteiger partial charge in [0.2, 0.25) is 0 Å². The highest BCUT2D eigenvalue weighted by atomic mass is 16.3. The van der Waals surface area contributed by atoms with Crippen molar-refractivity contribution in [2.75, 3.05) is 24.6 Å². The molecule has 0 bridgehead atoms. The Morgan fingerprint density at radius 3 is 2.81 bits per heavy atom. The molecule has 0 amide bonds. The van der Waals surface area contributed by atoms with E-state index in [1.54, 1.807) is 0 Å². The van der Waals surface area contributed by atoms with E-state index in [-0.39, 0.29) is 13.2 Å². The fraction of sp³-hybridized carbons (Fsp3) is 0.583. The molecular formula is C12H18N2O2. The number of anilines is 1. The molecule has 4 nitrogen and oxygen atoms in total. The molecule has 0 radical (unpaired) electrons. The molecule has 2 heterocycles. The molecule has 0 spiro atoms. The van der Waals surface area contributed by atoms with Gasteiger partial charge < -0.3 is 15.1 Å². The first-order valence-corrected chi connectivity index (χ1v) is 5.67. The Bertz CT molecular complexity index is 368. The third-order valence-electron chi connectivity index (χ3n) is 3.22. The van der Waals surface area contributed by atoms with Crippen LogP contribution in [0.1, 0.15) is 17.7 Å². The molecule has 1 atom stereocenters. The maximum absolute atomic E-state index is 9.09. The Morgan fingerprint density at radius 2 is 2.25 bits per heavy atom. The minimum atomic E-state index is 0.0401. The number of nitrogens with zero attached hydrogens (tertiary/aromatic N) is 2. The zero-order valence-corrected chi connectivity index (χ0v) is 9.56. The minimum Gasteiger partial charge on any atom is -0.396 e. The summed E-state index contributed by atoms with van der Waals surface area (Å²) in [6.07, 6.45) is 1.03. The van der Waals surface area contributed by atoms with Gasteiger partial charge in [0, 0.05) is 31.3 Å². The van der Waals surface area contributed by atoms with Gasteiger partial charge in [-0.15, -0.1) is 0 Å². The van der Waals surface area contributed by atoms with Crippen molar-refractivity contribution in [3.63, 3.8) is 0 Å². The van der Waals surface area contributed by atoms with Crippen LogP contribution in [0.4, 0.5) is 5.82 Å². The fourth-order valence-electron chi connectivity index (χ4n) is 2.11. The largest absolute Gasteiger partial charge is 0.396 e. The number of aliphatic hydroxyl groups is 2. The molecule has 1 unspecified atom stereocenters. The van der Waals surface area contributed by atoms with Crippen molar-refractivity contribution < 1.29 is 10.2 Å². The summed E-state index contributed by atoms with van der Waals surface area (Å²) in [6, 6.07) is 3.86. The first kappa shape index (κ1) is 11.4. The van der Waals surface area contributed by atoms with Crippen LogP contribution < -0.4 is 4.90 Å². The van der Waals surface area contributed by atoms with Gasteiger partial charge in [0.15, 0.2) is 0 Å². The molecule has 0 saturated carbocycles. The van der Waals surface area contributed by atoms with Crippen molar-refractivity contribution in [1.29, 1.82) is 0 Å². The fourth-order valence-corrected chi connectivity index (χ4v) is 2.11. The average molecular weight is 222 g/mol. The Hall–Kier alpha value is -1.13. The minimum absolute atomic E-state index is 0.0401. The Morgan fingerprint density at radius 1 is 1.44 bits per heavy atom. The topological polar surface area (TPSA) is 56.6 Å². The van der Waals surface area contributed by atoms with E-state index in [0.717, 1.165) is 36.6 Å². The van der Waals surface area contributed by atoms with Gasteiger partial charge in [0.25, 0.3) is 0 Å². The second-order valence-corrected chi connectivity index (χ2v) is 4.36. The normalized spacial score (nSPS) is 20.4. The van der Waals surface area contributed by atoms with Crippen LogP contribution in [0.25, 0.3) is 0 Å². The van der Waals surface area contributed by atoms with E-state index in [9.17, 15) is 0 Å². The van der Waals surface area contributed by atoms with Crippen LogP contribution in [0, 0.1) is 12.8 Å². The molecular weight excluding hydrogens is 204 g/mol. The number of hydrogen-bond donors (Lipinski definition) is 2. The van der Waals surface area contributed by atoms with Crippen LogP contribution in [0.2, 0.25) is 0 Å². The van der Waals surface area contributed by atoms with E-state index < -0.39 is 0 Å². The number of hydrogen-bond acceptors (Lipinski definition) is 4. The quantitative estimate of drug-likeness (QED) is 0.790. The van der Waals surface area contributed by atoms with Crippen molar-refractivity contribution in [3.05, 3.63) is 23.4 Å². The lowest BCUT2D eigenvalue weighted by atomic mass is 10.1. The lowest BCUT2D eigenvalue weighted by molar-refractivity contribution is 0.238. The monoisotopic (exact) mass is 222 g/mol. The highest BCUT2D eigenvalue weighted by Crippen LogP contribution is 2.22. The molecule has 1 aliphatic rings. The predicted molar refractivity (Wildman–Crippen MR) is 62.3 cm³/mol. The van der Waals surface area contributed by atoms with E-state index in [1.165, 1.54) is 0 Å². The molecule has 0 aliphatic carbocycles. The summed E-state index contributed by atoms with van der Waals surface area (Å²) < 4.78 is 0. The van der Waals surface area contributed by atoms with Crippen molar-refractivity contribution in [3.8, 4) is 0 Å². The Balaban J connectivity index is 2.13. The maximum atomic E-state index is 9.09. The maximum Gasteiger partial charge on any atom is 0.128 e. The molecule has 1 aliphatic heterocycles. The molecule has 1 aromatic rings. The van der Waals surface area contributed by atoms with E-state index in [1.807, 2.05) is 19.1 Å². The van der Waals surface area contributed by atoms with E-state index in [0.29, 0.717) is 5.92 Å². The SMILES string of the molecule is Cc1nc(N2CCC(CO)C2)ccc1CO. The van der Waals surface area contributed by atoms with Gasteiger partial charge in [-0.1, -0.05) is 6.07 Å². The molecule has 16 heavy (non-hydrogen) atoms. The van der Waals surface area contributed by atoms with E-state index >= 15 is 0 Å². The van der Waals surface area contributed by atoms with Gasteiger partial charge in [-0.25, -0.2) is 4.98 Å².